The van der Waals surface area contributed by atoms with Crippen molar-refractivity contribution in [3.63, 3.8) is 0 Å². The van der Waals surface area contributed by atoms with Gasteiger partial charge < -0.3 is 10.4 Å². The SMILES string of the molecule is CCN(CCC(=O)O)CC(=O)NC(=O)NC(C)C. The molecule has 0 atom stereocenters. The van der Waals surface area contributed by atoms with E-state index in [2.05, 4.69) is 10.6 Å². The summed E-state index contributed by atoms with van der Waals surface area (Å²) in [5.74, 6) is -1.35. The molecule has 0 aromatic carbocycles. The molecule has 0 unspecified atom stereocenters. The fourth-order valence-corrected chi connectivity index (χ4v) is 1.27. The number of carbonyl (C=O) groups excluding carboxylic acids is 2. The lowest BCUT2D eigenvalue weighted by Gasteiger charge is -2.18. The van der Waals surface area contributed by atoms with Gasteiger partial charge in [0.25, 0.3) is 0 Å². The molecule has 3 N–H and O–H groups in total. The van der Waals surface area contributed by atoms with Crippen molar-refractivity contribution < 1.29 is 19.5 Å². The Morgan fingerprint density at radius 2 is 1.89 bits per heavy atom. The maximum absolute atomic E-state index is 11.5. The Bertz CT molecular complexity index is 305. The molecule has 0 aliphatic heterocycles. The maximum atomic E-state index is 11.5. The topological polar surface area (TPSA) is 98.7 Å². The van der Waals surface area contributed by atoms with Gasteiger partial charge in [0.05, 0.1) is 13.0 Å². The van der Waals surface area contributed by atoms with Crippen molar-refractivity contribution in [1.29, 1.82) is 0 Å². The Labute approximate surface area is 107 Å². The fourth-order valence-electron chi connectivity index (χ4n) is 1.27. The Morgan fingerprint density at radius 1 is 1.28 bits per heavy atom. The molecule has 0 fully saturated rings. The molecule has 0 aromatic rings. The third kappa shape index (κ3) is 8.51. The molecule has 0 heterocycles. The first-order chi connectivity index (χ1) is 8.35. The Morgan fingerprint density at radius 3 is 2.33 bits per heavy atom. The van der Waals surface area contributed by atoms with Crippen molar-refractivity contribution in [3.05, 3.63) is 0 Å². The van der Waals surface area contributed by atoms with E-state index in [4.69, 9.17) is 5.11 Å². The number of carboxylic acid groups (broad SMARTS) is 1. The predicted molar refractivity (Wildman–Crippen MR) is 66.2 cm³/mol. The molecule has 0 spiro atoms. The highest BCUT2D eigenvalue weighted by Crippen LogP contribution is 1.91. The van der Waals surface area contributed by atoms with Crippen molar-refractivity contribution in [2.75, 3.05) is 19.6 Å². The zero-order valence-electron chi connectivity index (χ0n) is 11.0. The number of hydrogen-bond acceptors (Lipinski definition) is 4. The van der Waals surface area contributed by atoms with Gasteiger partial charge in [0.1, 0.15) is 0 Å². The fraction of sp³-hybridized carbons (Fsp3) is 0.727. The van der Waals surface area contributed by atoms with Crippen LogP contribution in [0.15, 0.2) is 0 Å². The molecule has 0 aromatic heterocycles. The molecule has 7 nitrogen and oxygen atoms in total. The number of rotatable bonds is 7. The Kier molecular flexibility index (Phi) is 7.69. The van der Waals surface area contributed by atoms with Gasteiger partial charge in [0.2, 0.25) is 5.91 Å². The minimum absolute atomic E-state index is 0.00922. The van der Waals surface area contributed by atoms with Crippen LogP contribution in [0.3, 0.4) is 0 Å². The molecule has 7 heteroatoms. The van der Waals surface area contributed by atoms with Crippen LogP contribution in [-0.4, -0.2) is 53.6 Å². The quantitative estimate of drug-likeness (QED) is 0.598. The molecule has 104 valence electrons. The predicted octanol–water partition coefficient (Wildman–Crippen LogP) is 0.0172. The van der Waals surface area contributed by atoms with Crippen LogP contribution in [0, 0.1) is 0 Å². The van der Waals surface area contributed by atoms with Gasteiger partial charge in [-0.05, 0) is 20.4 Å². The summed E-state index contributed by atoms with van der Waals surface area (Å²) in [4.78, 5) is 34.8. The highest BCUT2D eigenvalue weighted by atomic mass is 16.4. The van der Waals surface area contributed by atoms with Gasteiger partial charge in [0, 0.05) is 12.6 Å². The van der Waals surface area contributed by atoms with E-state index >= 15 is 0 Å². The monoisotopic (exact) mass is 259 g/mol. The van der Waals surface area contributed by atoms with Crippen LogP contribution in [0.4, 0.5) is 4.79 Å². The molecule has 0 saturated carbocycles. The number of likely N-dealkylation sites (N-methyl/N-ethyl adjacent to an activating group) is 1. The van der Waals surface area contributed by atoms with E-state index in [0.29, 0.717) is 6.54 Å². The average molecular weight is 259 g/mol. The average Bonchev–Trinajstić information content (AvgIpc) is 2.22. The molecular formula is C11H21N3O4. The number of nitrogens with zero attached hydrogens (tertiary/aromatic N) is 1. The molecule has 0 aliphatic carbocycles. The van der Waals surface area contributed by atoms with Crippen LogP contribution in [0.25, 0.3) is 0 Å². The van der Waals surface area contributed by atoms with Crippen LogP contribution < -0.4 is 10.6 Å². The molecule has 0 radical (unpaired) electrons. The van der Waals surface area contributed by atoms with Crippen molar-refractivity contribution in [2.45, 2.75) is 33.2 Å². The van der Waals surface area contributed by atoms with Gasteiger partial charge in [-0.25, -0.2) is 4.79 Å². The van der Waals surface area contributed by atoms with Crippen molar-refractivity contribution in [1.82, 2.24) is 15.5 Å². The summed E-state index contributed by atoms with van der Waals surface area (Å²) in [7, 11) is 0. The summed E-state index contributed by atoms with van der Waals surface area (Å²) >= 11 is 0. The van der Waals surface area contributed by atoms with Crippen molar-refractivity contribution in [2.24, 2.45) is 0 Å². The normalized spacial score (nSPS) is 10.5. The minimum atomic E-state index is -0.911. The lowest BCUT2D eigenvalue weighted by molar-refractivity contribution is -0.137. The lowest BCUT2D eigenvalue weighted by atomic mass is 10.3. The number of amides is 3. The molecule has 0 rings (SSSR count). The second kappa shape index (κ2) is 8.46. The first-order valence-corrected chi connectivity index (χ1v) is 5.89. The number of hydrogen-bond donors (Lipinski definition) is 3. The highest BCUT2D eigenvalue weighted by Gasteiger charge is 2.13. The van der Waals surface area contributed by atoms with Gasteiger partial charge in [-0.15, -0.1) is 0 Å². The number of imide groups is 1. The van der Waals surface area contributed by atoms with Crippen LogP contribution >= 0.6 is 0 Å². The van der Waals surface area contributed by atoms with Crippen LogP contribution in [0.5, 0.6) is 0 Å². The summed E-state index contributed by atoms with van der Waals surface area (Å²) in [6, 6.07) is -0.587. The summed E-state index contributed by atoms with van der Waals surface area (Å²) in [6.45, 7) is 6.24. The van der Waals surface area contributed by atoms with Gasteiger partial charge in [-0.3, -0.25) is 19.8 Å². The van der Waals surface area contributed by atoms with Crippen LogP contribution in [0.1, 0.15) is 27.2 Å². The number of aliphatic carboxylic acids is 1. The first kappa shape index (κ1) is 16.4. The molecule has 0 bridgehead atoms. The third-order valence-electron chi connectivity index (χ3n) is 2.13. The van der Waals surface area contributed by atoms with Gasteiger partial charge >= 0.3 is 12.0 Å². The molecule has 0 saturated heterocycles. The third-order valence-corrected chi connectivity index (χ3v) is 2.13. The summed E-state index contributed by atoms with van der Waals surface area (Å²) in [6.07, 6.45) is -0.0285. The zero-order chi connectivity index (χ0) is 14.1. The smallest absolute Gasteiger partial charge is 0.321 e. The van der Waals surface area contributed by atoms with E-state index in [-0.39, 0.29) is 25.6 Å². The van der Waals surface area contributed by atoms with Crippen LogP contribution in [0.2, 0.25) is 0 Å². The maximum Gasteiger partial charge on any atom is 0.321 e. The van der Waals surface area contributed by atoms with E-state index in [1.165, 1.54) is 0 Å². The number of carbonyl (C=O) groups is 3. The van der Waals surface area contributed by atoms with E-state index in [1.807, 2.05) is 6.92 Å². The van der Waals surface area contributed by atoms with Gasteiger partial charge in [-0.2, -0.15) is 0 Å². The van der Waals surface area contributed by atoms with Gasteiger partial charge in [0.15, 0.2) is 0 Å². The zero-order valence-corrected chi connectivity index (χ0v) is 11.0. The van der Waals surface area contributed by atoms with Crippen LogP contribution in [-0.2, 0) is 9.59 Å². The first-order valence-electron chi connectivity index (χ1n) is 5.89. The lowest BCUT2D eigenvalue weighted by Crippen LogP contribution is -2.46. The van der Waals surface area contributed by atoms with Gasteiger partial charge in [-0.1, -0.05) is 6.92 Å². The Hall–Kier alpha value is -1.63. The van der Waals surface area contributed by atoms with E-state index in [1.54, 1.807) is 18.7 Å². The minimum Gasteiger partial charge on any atom is -0.481 e. The standard InChI is InChI=1S/C11H21N3O4/c1-4-14(6-5-10(16)17)7-9(15)13-11(18)12-8(2)3/h8H,4-7H2,1-3H3,(H,16,17)(H2,12,13,15,18). The summed E-state index contributed by atoms with van der Waals surface area (Å²) in [5.41, 5.74) is 0. The number of carboxylic acids is 1. The number of urea groups is 1. The van der Waals surface area contributed by atoms with Crippen molar-refractivity contribution >= 4 is 17.9 Å². The molecule has 3 amide bonds. The summed E-state index contributed by atoms with van der Waals surface area (Å²) in [5, 5.41) is 13.3. The van der Waals surface area contributed by atoms with E-state index in [0.717, 1.165) is 0 Å². The van der Waals surface area contributed by atoms with E-state index < -0.39 is 17.9 Å². The van der Waals surface area contributed by atoms with E-state index in [9.17, 15) is 14.4 Å². The van der Waals surface area contributed by atoms with Crippen molar-refractivity contribution in [3.8, 4) is 0 Å². The second-order valence-electron chi connectivity index (χ2n) is 4.19. The second-order valence-corrected chi connectivity index (χ2v) is 4.19. The molecule has 0 aliphatic rings. The molecular weight excluding hydrogens is 238 g/mol. The Balaban J connectivity index is 4.03. The number of nitrogens with one attached hydrogen (secondary N) is 2. The molecule has 18 heavy (non-hydrogen) atoms. The summed E-state index contributed by atoms with van der Waals surface area (Å²) < 4.78 is 0. The highest BCUT2D eigenvalue weighted by molar-refractivity contribution is 5.95. The largest absolute Gasteiger partial charge is 0.481 e.